The maximum atomic E-state index is 13.3. The summed E-state index contributed by atoms with van der Waals surface area (Å²) in [7, 11) is -0.779. The SMILES string of the molecule is COC(=O)C[C@H]1CC[C@H]2[C@H](COc3ccc(NS(=O)(=O)c4ccc(C)cc4)cc3C(=O)N2C)O1. The Labute approximate surface area is 199 Å². The van der Waals surface area contributed by atoms with E-state index in [-0.39, 0.29) is 53.2 Å². The lowest BCUT2D eigenvalue weighted by Gasteiger charge is -2.42. The molecule has 2 aliphatic rings. The average Bonchev–Trinajstić information content (AvgIpc) is 2.81. The fraction of sp³-hybridized carbons (Fsp3) is 0.417. The Hall–Kier alpha value is -3.11. The number of sulfonamides is 1. The number of aryl methyl sites for hydroxylation is 1. The van der Waals surface area contributed by atoms with Gasteiger partial charge < -0.3 is 19.1 Å². The van der Waals surface area contributed by atoms with Gasteiger partial charge in [0.15, 0.2) is 0 Å². The summed E-state index contributed by atoms with van der Waals surface area (Å²) in [6.07, 6.45) is 0.714. The lowest BCUT2D eigenvalue weighted by atomic mass is 9.94. The molecule has 0 bridgehead atoms. The van der Waals surface area contributed by atoms with E-state index in [0.29, 0.717) is 18.6 Å². The van der Waals surface area contributed by atoms with E-state index < -0.39 is 16.1 Å². The molecule has 2 aromatic carbocycles. The first-order valence-corrected chi connectivity index (χ1v) is 12.5. The summed E-state index contributed by atoms with van der Waals surface area (Å²) in [5.41, 5.74) is 1.48. The number of methoxy groups -OCH3 is 1. The van der Waals surface area contributed by atoms with Crippen molar-refractivity contribution in [1.29, 1.82) is 0 Å². The Morgan fingerprint density at radius 1 is 1.18 bits per heavy atom. The number of hydrogen-bond acceptors (Lipinski definition) is 7. The van der Waals surface area contributed by atoms with E-state index in [1.807, 2.05) is 6.92 Å². The van der Waals surface area contributed by atoms with Crippen molar-refractivity contribution in [3.05, 3.63) is 53.6 Å². The van der Waals surface area contributed by atoms with E-state index in [1.54, 1.807) is 36.2 Å². The topological polar surface area (TPSA) is 111 Å². The van der Waals surface area contributed by atoms with Gasteiger partial charge in [0.2, 0.25) is 0 Å². The van der Waals surface area contributed by atoms with Crippen molar-refractivity contribution in [2.75, 3.05) is 25.5 Å². The minimum atomic E-state index is -3.81. The molecule has 9 nitrogen and oxygen atoms in total. The Kier molecular flexibility index (Phi) is 6.81. The number of hydrogen-bond donors (Lipinski definition) is 1. The minimum Gasteiger partial charge on any atom is -0.490 e. The number of ether oxygens (including phenoxy) is 3. The second-order valence-corrected chi connectivity index (χ2v) is 10.3. The number of likely N-dealkylation sites (N-methyl/N-ethyl adjacent to an activating group) is 1. The molecule has 0 aromatic heterocycles. The number of carbonyl (C=O) groups is 2. The summed E-state index contributed by atoms with van der Waals surface area (Å²) in [6, 6.07) is 10.9. The minimum absolute atomic E-state index is 0.133. The van der Waals surface area contributed by atoms with Crippen LogP contribution >= 0.6 is 0 Å². The zero-order valence-corrected chi connectivity index (χ0v) is 20.1. The number of carbonyl (C=O) groups excluding carboxylic acids is 2. The van der Waals surface area contributed by atoms with E-state index in [4.69, 9.17) is 14.2 Å². The highest BCUT2D eigenvalue weighted by Crippen LogP contribution is 2.33. The molecular formula is C24H28N2O7S. The van der Waals surface area contributed by atoms with E-state index in [9.17, 15) is 18.0 Å². The van der Waals surface area contributed by atoms with Gasteiger partial charge in [-0.2, -0.15) is 0 Å². The molecule has 1 fully saturated rings. The van der Waals surface area contributed by atoms with Crippen LogP contribution < -0.4 is 9.46 Å². The third-order valence-electron chi connectivity index (χ3n) is 6.22. The van der Waals surface area contributed by atoms with Gasteiger partial charge >= 0.3 is 5.97 Å². The molecule has 182 valence electrons. The number of benzene rings is 2. The average molecular weight is 489 g/mol. The monoisotopic (exact) mass is 488 g/mol. The predicted octanol–water partition coefficient (Wildman–Crippen LogP) is 2.74. The van der Waals surface area contributed by atoms with Crippen LogP contribution in [-0.2, 0) is 24.3 Å². The van der Waals surface area contributed by atoms with E-state index in [1.165, 1.54) is 25.3 Å². The van der Waals surface area contributed by atoms with Crippen molar-refractivity contribution in [3.63, 3.8) is 0 Å². The molecular weight excluding hydrogens is 460 g/mol. The number of esters is 1. The van der Waals surface area contributed by atoms with Crippen LogP contribution in [0.15, 0.2) is 47.4 Å². The van der Waals surface area contributed by atoms with Gasteiger partial charge in [-0.1, -0.05) is 17.7 Å². The quantitative estimate of drug-likeness (QED) is 0.644. The molecule has 3 atom stereocenters. The molecule has 2 aliphatic heterocycles. The summed E-state index contributed by atoms with van der Waals surface area (Å²) in [5.74, 6) is -0.297. The zero-order chi connectivity index (χ0) is 24.5. The zero-order valence-electron chi connectivity index (χ0n) is 19.3. The van der Waals surface area contributed by atoms with Crippen LogP contribution in [0.1, 0.15) is 35.2 Å². The van der Waals surface area contributed by atoms with Crippen molar-refractivity contribution in [3.8, 4) is 5.75 Å². The smallest absolute Gasteiger partial charge is 0.308 e. The van der Waals surface area contributed by atoms with Gasteiger partial charge in [-0.25, -0.2) is 8.42 Å². The Bertz CT molecular complexity index is 1180. The first-order valence-electron chi connectivity index (χ1n) is 11.0. The number of rotatable bonds is 5. The predicted molar refractivity (Wildman–Crippen MR) is 124 cm³/mol. The lowest BCUT2D eigenvalue weighted by molar-refractivity contribution is -0.151. The Morgan fingerprint density at radius 2 is 1.91 bits per heavy atom. The summed E-state index contributed by atoms with van der Waals surface area (Å²) >= 11 is 0. The molecule has 1 saturated heterocycles. The first kappa shape index (κ1) is 24.0. The third kappa shape index (κ3) is 5.02. The highest BCUT2D eigenvalue weighted by atomic mass is 32.2. The largest absolute Gasteiger partial charge is 0.490 e. The number of nitrogens with zero attached hydrogens (tertiary/aromatic N) is 1. The molecule has 1 N–H and O–H groups in total. The van der Waals surface area contributed by atoms with Crippen LogP contribution in [-0.4, -0.2) is 64.2 Å². The summed E-state index contributed by atoms with van der Waals surface area (Å²) < 4.78 is 44.8. The van der Waals surface area contributed by atoms with Crippen molar-refractivity contribution in [2.24, 2.45) is 0 Å². The standard InChI is InChI=1S/C24H28N2O7S/c1-15-4-8-18(9-5-15)34(29,30)25-16-6-11-21-19(12-16)24(28)26(2)20-10-7-17(13-23(27)31-3)33-22(20)14-32-21/h4-6,8-9,11-12,17,20,22,25H,7,10,13-14H2,1-3H3/t17-,20+,22+/m1/s1. The van der Waals surface area contributed by atoms with Gasteiger partial charge in [0.05, 0.1) is 36.1 Å². The van der Waals surface area contributed by atoms with Crippen molar-refractivity contribution in [1.82, 2.24) is 4.90 Å². The molecule has 0 aliphatic carbocycles. The van der Waals surface area contributed by atoms with Crippen molar-refractivity contribution >= 4 is 27.6 Å². The fourth-order valence-corrected chi connectivity index (χ4v) is 5.34. The van der Waals surface area contributed by atoms with Gasteiger partial charge in [-0.05, 0) is 50.1 Å². The van der Waals surface area contributed by atoms with E-state index >= 15 is 0 Å². The maximum absolute atomic E-state index is 13.3. The number of amides is 1. The summed E-state index contributed by atoms with van der Waals surface area (Å²) in [6.45, 7) is 2.07. The highest BCUT2D eigenvalue weighted by Gasteiger charge is 2.39. The fourth-order valence-electron chi connectivity index (χ4n) is 4.29. The second kappa shape index (κ2) is 9.63. The van der Waals surface area contributed by atoms with Crippen LogP contribution in [0.25, 0.3) is 0 Å². The van der Waals surface area contributed by atoms with E-state index in [0.717, 1.165) is 5.56 Å². The van der Waals surface area contributed by atoms with Crippen LogP contribution in [0.2, 0.25) is 0 Å². The lowest BCUT2D eigenvalue weighted by Crippen LogP contribution is -2.53. The molecule has 0 unspecified atom stereocenters. The van der Waals surface area contributed by atoms with Gasteiger partial charge in [0, 0.05) is 12.7 Å². The molecule has 2 aromatic rings. The van der Waals surface area contributed by atoms with Crippen molar-refractivity contribution < 1.29 is 32.2 Å². The third-order valence-corrected chi connectivity index (χ3v) is 7.61. The highest BCUT2D eigenvalue weighted by molar-refractivity contribution is 7.92. The van der Waals surface area contributed by atoms with Gasteiger partial charge in [-0.3, -0.25) is 14.3 Å². The molecule has 0 saturated carbocycles. The molecule has 10 heteroatoms. The number of anilines is 1. The van der Waals surface area contributed by atoms with Crippen LogP contribution in [0.5, 0.6) is 5.75 Å². The van der Waals surface area contributed by atoms with Crippen LogP contribution in [0, 0.1) is 6.92 Å². The maximum Gasteiger partial charge on any atom is 0.308 e. The first-order chi connectivity index (χ1) is 16.2. The Morgan fingerprint density at radius 3 is 2.62 bits per heavy atom. The Balaban J connectivity index is 1.55. The second-order valence-electron chi connectivity index (χ2n) is 8.58. The van der Waals surface area contributed by atoms with Crippen molar-refractivity contribution in [2.45, 2.75) is 49.3 Å². The molecule has 4 rings (SSSR count). The normalized spacial score (nSPS) is 22.5. The van der Waals surface area contributed by atoms with Gasteiger partial charge in [0.25, 0.3) is 15.9 Å². The number of nitrogens with one attached hydrogen (secondary N) is 1. The number of fused-ring (bicyclic) bond motifs is 2. The summed E-state index contributed by atoms with van der Waals surface area (Å²) in [4.78, 5) is 26.7. The molecule has 1 amide bonds. The van der Waals surface area contributed by atoms with Gasteiger partial charge in [0.1, 0.15) is 18.5 Å². The summed E-state index contributed by atoms with van der Waals surface area (Å²) in [5, 5.41) is 0. The molecule has 0 radical (unpaired) electrons. The van der Waals surface area contributed by atoms with Crippen LogP contribution in [0.4, 0.5) is 5.69 Å². The molecule has 34 heavy (non-hydrogen) atoms. The van der Waals surface area contributed by atoms with Gasteiger partial charge in [-0.15, -0.1) is 0 Å². The van der Waals surface area contributed by atoms with E-state index in [2.05, 4.69) is 4.72 Å². The van der Waals surface area contributed by atoms with Crippen LogP contribution in [0.3, 0.4) is 0 Å². The molecule has 2 heterocycles. The molecule has 0 spiro atoms.